The predicted molar refractivity (Wildman–Crippen MR) is 205 cm³/mol. The summed E-state index contributed by atoms with van der Waals surface area (Å²) in [5.41, 5.74) is 3.84. The van der Waals surface area contributed by atoms with Gasteiger partial charge in [0.05, 0.1) is 32.9 Å². The Labute approximate surface area is 302 Å². The van der Waals surface area contributed by atoms with Crippen molar-refractivity contribution in [1.82, 2.24) is 29.7 Å². The lowest BCUT2D eigenvalue weighted by Gasteiger charge is -2.38. The first-order valence-electron chi connectivity index (χ1n) is 17.7. The molecule has 0 amide bonds. The van der Waals surface area contributed by atoms with Gasteiger partial charge in [0, 0.05) is 57.2 Å². The molecule has 6 aromatic rings. The molecule has 6 heterocycles. The highest BCUT2D eigenvalue weighted by molar-refractivity contribution is 5.84. The lowest BCUT2D eigenvalue weighted by molar-refractivity contribution is 0.233. The second-order valence-electron chi connectivity index (χ2n) is 13.9. The number of piperazine rings is 1. The summed E-state index contributed by atoms with van der Waals surface area (Å²) in [6, 6.07) is 19.7. The van der Waals surface area contributed by atoms with Gasteiger partial charge >= 0.3 is 11.3 Å². The van der Waals surface area contributed by atoms with Crippen molar-refractivity contribution in [2.24, 2.45) is 0 Å². The normalized spacial score (nSPS) is 17.9. The summed E-state index contributed by atoms with van der Waals surface area (Å²) >= 11 is 0. The van der Waals surface area contributed by atoms with E-state index in [4.69, 9.17) is 8.83 Å². The maximum absolute atomic E-state index is 12.5. The summed E-state index contributed by atoms with van der Waals surface area (Å²) in [5.74, 6) is 2.28. The van der Waals surface area contributed by atoms with Crippen LogP contribution in [-0.4, -0.2) is 95.7 Å². The Morgan fingerprint density at radius 1 is 0.692 bits per heavy atom. The number of pyridine rings is 2. The molecule has 0 spiro atoms. The zero-order chi connectivity index (χ0) is 36.5. The van der Waals surface area contributed by atoms with Crippen molar-refractivity contribution in [3.63, 3.8) is 0 Å². The molecule has 0 saturated carbocycles. The summed E-state index contributed by atoms with van der Waals surface area (Å²) in [4.78, 5) is 52.4. The largest absolute Gasteiger partial charge is 0.403 e. The van der Waals surface area contributed by atoms with Gasteiger partial charge in [-0.15, -0.1) is 0 Å². The molecule has 2 aromatic carbocycles. The van der Waals surface area contributed by atoms with Gasteiger partial charge in [-0.2, -0.15) is 0 Å². The van der Waals surface area contributed by atoms with Gasteiger partial charge in [-0.05, 0) is 95.9 Å². The number of rotatable bonds is 5. The van der Waals surface area contributed by atoms with Gasteiger partial charge in [0.1, 0.15) is 11.6 Å². The highest BCUT2D eigenvalue weighted by atomic mass is 16.4. The standard InChI is InChI=1S/2C20H22N4O2/c1-13-6-4-8-16-17(13)20(25)26-19(22-16)15-7-5-10-21-18(15)24-11-9-14(12-24)23(2)3;1-13-6-4-8-16-17(13)20(25)26-19(22-16)15-7-5-9-21-18(15)24-11-10-23(3)14(2)12-24/h4-8,10,14H,9,11-12H2,1-3H3;4-9,14H,10-12H2,1-3H3. The van der Waals surface area contributed by atoms with Gasteiger partial charge in [0.25, 0.3) is 0 Å². The van der Waals surface area contributed by atoms with Crippen molar-refractivity contribution in [1.29, 1.82) is 0 Å². The van der Waals surface area contributed by atoms with E-state index in [9.17, 15) is 9.59 Å². The Hall–Kier alpha value is -5.46. The number of likely N-dealkylation sites (N-methyl/N-ethyl adjacent to an activating group) is 2. The molecule has 0 radical (unpaired) electrons. The number of hydrogen-bond acceptors (Lipinski definition) is 12. The molecule has 268 valence electrons. The molecule has 4 aromatic heterocycles. The van der Waals surface area contributed by atoms with Crippen molar-refractivity contribution in [2.45, 2.75) is 39.3 Å². The van der Waals surface area contributed by atoms with Crippen LogP contribution in [0.3, 0.4) is 0 Å². The van der Waals surface area contributed by atoms with Crippen LogP contribution in [0.25, 0.3) is 44.7 Å². The lowest BCUT2D eigenvalue weighted by Crippen LogP contribution is -2.50. The minimum absolute atomic E-state index is 0.322. The van der Waals surface area contributed by atoms with E-state index in [-0.39, 0.29) is 11.3 Å². The Bertz CT molecular complexity index is 2360. The van der Waals surface area contributed by atoms with Gasteiger partial charge < -0.3 is 28.4 Å². The van der Waals surface area contributed by atoms with Crippen molar-refractivity contribution in [3.8, 4) is 22.9 Å². The number of fused-ring (bicyclic) bond motifs is 2. The first-order valence-corrected chi connectivity index (χ1v) is 17.7. The molecule has 2 aliphatic heterocycles. The van der Waals surface area contributed by atoms with E-state index in [1.165, 1.54) is 0 Å². The zero-order valence-corrected chi connectivity index (χ0v) is 30.5. The second kappa shape index (κ2) is 14.6. The number of nitrogens with zero attached hydrogens (tertiary/aromatic N) is 8. The molecule has 0 N–H and O–H groups in total. The molecular weight excluding hydrogens is 656 g/mol. The maximum Gasteiger partial charge on any atom is 0.347 e. The van der Waals surface area contributed by atoms with Gasteiger partial charge in [0.15, 0.2) is 0 Å². The van der Waals surface area contributed by atoms with Crippen LogP contribution in [0.2, 0.25) is 0 Å². The molecule has 8 rings (SSSR count). The molecule has 2 unspecified atom stereocenters. The van der Waals surface area contributed by atoms with Crippen LogP contribution in [0.15, 0.2) is 91.5 Å². The molecule has 12 heteroatoms. The fourth-order valence-electron chi connectivity index (χ4n) is 7.02. The summed E-state index contributed by atoms with van der Waals surface area (Å²) in [7, 11) is 6.33. The average Bonchev–Trinajstić information content (AvgIpc) is 3.64. The lowest BCUT2D eigenvalue weighted by atomic mass is 10.1. The van der Waals surface area contributed by atoms with Gasteiger partial charge in [-0.1, -0.05) is 24.3 Å². The number of benzene rings is 2. The second-order valence-corrected chi connectivity index (χ2v) is 13.9. The van der Waals surface area contributed by atoms with Gasteiger partial charge in [0.2, 0.25) is 11.8 Å². The molecule has 0 bridgehead atoms. The van der Waals surface area contributed by atoms with E-state index in [0.717, 1.165) is 73.0 Å². The van der Waals surface area contributed by atoms with E-state index in [1.54, 1.807) is 12.4 Å². The van der Waals surface area contributed by atoms with Crippen LogP contribution in [-0.2, 0) is 0 Å². The predicted octanol–water partition coefficient (Wildman–Crippen LogP) is 5.40. The highest BCUT2D eigenvalue weighted by Gasteiger charge is 2.28. The molecule has 2 fully saturated rings. The third-order valence-corrected chi connectivity index (χ3v) is 10.2. The third-order valence-electron chi connectivity index (χ3n) is 10.2. The molecule has 0 aliphatic carbocycles. The fourth-order valence-corrected chi connectivity index (χ4v) is 7.02. The van der Waals surface area contributed by atoms with E-state index in [1.807, 2.05) is 74.5 Å². The Morgan fingerprint density at radius 3 is 1.69 bits per heavy atom. The fraction of sp³-hybridized carbons (Fsp3) is 0.350. The van der Waals surface area contributed by atoms with Crippen LogP contribution in [0, 0.1) is 13.8 Å². The van der Waals surface area contributed by atoms with Crippen molar-refractivity contribution < 1.29 is 8.83 Å². The number of hydrogen-bond donors (Lipinski definition) is 0. The summed E-state index contributed by atoms with van der Waals surface area (Å²) in [6.07, 6.45) is 4.62. The van der Waals surface area contributed by atoms with Gasteiger partial charge in [-0.3, -0.25) is 0 Å². The number of aromatic nitrogens is 4. The van der Waals surface area contributed by atoms with Gasteiger partial charge in [-0.25, -0.2) is 29.5 Å². The topological polar surface area (TPSA) is 125 Å². The van der Waals surface area contributed by atoms with E-state index >= 15 is 0 Å². The monoisotopic (exact) mass is 700 g/mol. The van der Waals surface area contributed by atoms with Crippen LogP contribution in [0.1, 0.15) is 24.5 Å². The number of anilines is 2. The van der Waals surface area contributed by atoms with Crippen molar-refractivity contribution in [3.05, 3.63) is 105 Å². The molecule has 52 heavy (non-hydrogen) atoms. The molecule has 2 atom stereocenters. The average molecular weight is 701 g/mol. The van der Waals surface area contributed by atoms with Crippen LogP contribution >= 0.6 is 0 Å². The first-order chi connectivity index (χ1) is 25.1. The van der Waals surface area contributed by atoms with E-state index in [0.29, 0.717) is 45.7 Å². The minimum atomic E-state index is -0.357. The molecule has 2 saturated heterocycles. The summed E-state index contributed by atoms with van der Waals surface area (Å²) in [5, 5.41) is 1.07. The third kappa shape index (κ3) is 6.91. The summed E-state index contributed by atoms with van der Waals surface area (Å²) in [6.45, 7) is 10.5. The summed E-state index contributed by atoms with van der Waals surface area (Å²) < 4.78 is 11.2. The van der Waals surface area contributed by atoms with E-state index < -0.39 is 0 Å². The van der Waals surface area contributed by atoms with E-state index in [2.05, 4.69) is 67.6 Å². The zero-order valence-electron chi connectivity index (χ0n) is 30.5. The van der Waals surface area contributed by atoms with Crippen LogP contribution < -0.4 is 21.1 Å². The van der Waals surface area contributed by atoms with Crippen LogP contribution in [0.4, 0.5) is 11.6 Å². The Balaban J connectivity index is 0.000000162. The maximum atomic E-state index is 12.5. The number of aryl methyl sites for hydroxylation is 2. The van der Waals surface area contributed by atoms with Crippen LogP contribution in [0.5, 0.6) is 0 Å². The molecular formula is C40H44N8O4. The van der Waals surface area contributed by atoms with Crippen molar-refractivity contribution >= 4 is 33.4 Å². The SMILES string of the molecule is Cc1cccc2nc(-c3cccnc3N3CCC(N(C)C)C3)oc(=O)c12.Cc1cccc2nc(-c3cccnc3N3CCN(C)C(C)C3)oc(=O)c12. The quantitative estimate of drug-likeness (QED) is 0.229. The minimum Gasteiger partial charge on any atom is -0.403 e. The first kappa shape index (κ1) is 35.0. The smallest absolute Gasteiger partial charge is 0.347 e. The van der Waals surface area contributed by atoms with Crippen molar-refractivity contribution in [2.75, 3.05) is 63.7 Å². The highest BCUT2D eigenvalue weighted by Crippen LogP contribution is 2.32. The molecule has 12 nitrogen and oxygen atoms in total. The molecule has 2 aliphatic rings. The Kier molecular flexibility index (Phi) is 9.85. The Morgan fingerprint density at radius 2 is 1.21 bits per heavy atom.